The Bertz CT molecular complexity index is 602. The van der Waals surface area contributed by atoms with Crippen LogP contribution < -0.4 is 10.5 Å². The van der Waals surface area contributed by atoms with Crippen LogP contribution in [0.5, 0.6) is 5.75 Å². The minimum atomic E-state index is -3.49. The summed E-state index contributed by atoms with van der Waals surface area (Å²) in [5.41, 5.74) is 6.07. The molecule has 0 aromatic heterocycles. The number of ether oxygens (including phenoxy) is 1. The van der Waals surface area contributed by atoms with Gasteiger partial charge in [0.15, 0.2) is 0 Å². The lowest BCUT2D eigenvalue weighted by atomic mass is 9.98. The maximum absolute atomic E-state index is 12.8. The summed E-state index contributed by atoms with van der Waals surface area (Å²) >= 11 is 0. The Morgan fingerprint density at radius 1 is 1.25 bits per heavy atom. The van der Waals surface area contributed by atoms with Crippen LogP contribution in [0.1, 0.15) is 12.8 Å². The summed E-state index contributed by atoms with van der Waals surface area (Å²) in [6.07, 6.45) is 2.04. The van der Waals surface area contributed by atoms with Gasteiger partial charge in [-0.05, 0) is 36.8 Å². The predicted octanol–water partition coefficient (Wildman–Crippen LogP) is 1.05. The van der Waals surface area contributed by atoms with E-state index in [0.717, 1.165) is 12.8 Å². The van der Waals surface area contributed by atoms with Crippen LogP contribution in [0.3, 0.4) is 0 Å². The number of fused-ring (bicyclic) bond motifs is 1. The van der Waals surface area contributed by atoms with Crippen molar-refractivity contribution in [1.82, 2.24) is 4.31 Å². The second kappa shape index (κ2) is 5.02. The number of rotatable bonds is 3. The molecule has 1 saturated carbocycles. The molecule has 3 atom stereocenters. The molecule has 20 heavy (non-hydrogen) atoms. The van der Waals surface area contributed by atoms with Gasteiger partial charge >= 0.3 is 0 Å². The van der Waals surface area contributed by atoms with Crippen molar-refractivity contribution in [3.05, 3.63) is 24.3 Å². The Morgan fingerprint density at radius 2 is 2.00 bits per heavy atom. The van der Waals surface area contributed by atoms with Gasteiger partial charge in [-0.25, -0.2) is 8.42 Å². The van der Waals surface area contributed by atoms with Gasteiger partial charge in [0.25, 0.3) is 0 Å². The zero-order valence-electron chi connectivity index (χ0n) is 11.5. The van der Waals surface area contributed by atoms with Gasteiger partial charge in [-0.3, -0.25) is 0 Å². The molecule has 2 aliphatic rings. The van der Waals surface area contributed by atoms with Crippen molar-refractivity contribution in [3.8, 4) is 5.75 Å². The van der Waals surface area contributed by atoms with E-state index in [2.05, 4.69) is 0 Å². The molecule has 0 bridgehead atoms. The number of hydrogen-bond donors (Lipinski definition) is 1. The average Bonchev–Trinajstić information content (AvgIpc) is 3.02. The largest absolute Gasteiger partial charge is 0.495 e. The molecule has 0 amide bonds. The molecule has 110 valence electrons. The van der Waals surface area contributed by atoms with E-state index in [1.54, 1.807) is 28.6 Å². The number of hydrogen-bond acceptors (Lipinski definition) is 4. The molecule has 1 aliphatic heterocycles. The van der Waals surface area contributed by atoms with Gasteiger partial charge in [0.2, 0.25) is 10.0 Å². The van der Waals surface area contributed by atoms with E-state index >= 15 is 0 Å². The Morgan fingerprint density at radius 3 is 2.70 bits per heavy atom. The number of sulfonamides is 1. The number of para-hydroxylation sites is 1. The zero-order chi connectivity index (χ0) is 14.3. The SMILES string of the molecule is COc1ccccc1S(=O)(=O)N1CC2CCC(N)C2C1. The van der Waals surface area contributed by atoms with Crippen LogP contribution in [-0.4, -0.2) is 39.0 Å². The highest BCUT2D eigenvalue weighted by molar-refractivity contribution is 7.89. The normalized spacial score (nSPS) is 30.4. The van der Waals surface area contributed by atoms with E-state index in [1.165, 1.54) is 7.11 Å². The van der Waals surface area contributed by atoms with Crippen LogP contribution in [0.15, 0.2) is 29.2 Å². The fraction of sp³-hybridized carbons (Fsp3) is 0.571. The Balaban J connectivity index is 1.90. The summed E-state index contributed by atoms with van der Waals surface area (Å²) < 4.78 is 32.3. The first-order chi connectivity index (χ1) is 9.54. The molecule has 3 rings (SSSR count). The van der Waals surface area contributed by atoms with E-state index < -0.39 is 10.0 Å². The zero-order valence-corrected chi connectivity index (χ0v) is 12.3. The monoisotopic (exact) mass is 296 g/mol. The summed E-state index contributed by atoms with van der Waals surface area (Å²) in [4.78, 5) is 0.246. The molecular weight excluding hydrogens is 276 g/mol. The fourth-order valence-electron chi connectivity index (χ4n) is 3.43. The van der Waals surface area contributed by atoms with Crippen LogP contribution >= 0.6 is 0 Å². The van der Waals surface area contributed by atoms with E-state index in [1.807, 2.05) is 0 Å². The minimum Gasteiger partial charge on any atom is -0.495 e. The quantitative estimate of drug-likeness (QED) is 0.905. The summed E-state index contributed by atoms with van der Waals surface area (Å²) in [5, 5.41) is 0. The van der Waals surface area contributed by atoms with Crippen molar-refractivity contribution in [2.24, 2.45) is 17.6 Å². The highest BCUT2D eigenvalue weighted by Gasteiger charge is 2.45. The van der Waals surface area contributed by atoms with Crippen molar-refractivity contribution >= 4 is 10.0 Å². The maximum Gasteiger partial charge on any atom is 0.246 e. The van der Waals surface area contributed by atoms with Crippen molar-refractivity contribution in [1.29, 1.82) is 0 Å². The van der Waals surface area contributed by atoms with Gasteiger partial charge in [-0.15, -0.1) is 0 Å². The molecule has 0 spiro atoms. The second-order valence-corrected chi connectivity index (χ2v) is 7.54. The van der Waals surface area contributed by atoms with E-state index in [0.29, 0.717) is 30.7 Å². The van der Waals surface area contributed by atoms with Crippen LogP contribution in [0.2, 0.25) is 0 Å². The van der Waals surface area contributed by atoms with Crippen molar-refractivity contribution in [2.75, 3.05) is 20.2 Å². The Kier molecular flexibility index (Phi) is 3.48. The molecule has 2 N–H and O–H groups in total. The maximum atomic E-state index is 12.8. The Hall–Kier alpha value is -1.11. The highest BCUT2D eigenvalue weighted by atomic mass is 32.2. The van der Waals surface area contributed by atoms with Gasteiger partial charge in [-0.1, -0.05) is 12.1 Å². The second-order valence-electron chi connectivity index (χ2n) is 5.64. The number of benzene rings is 1. The number of methoxy groups -OCH3 is 1. The average molecular weight is 296 g/mol. The molecule has 1 aromatic rings. The molecule has 1 aromatic carbocycles. The molecule has 3 unspecified atom stereocenters. The topological polar surface area (TPSA) is 72.6 Å². The molecule has 1 aliphatic carbocycles. The van der Waals surface area contributed by atoms with Crippen LogP contribution in [0.4, 0.5) is 0 Å². The van der Waals surface area contributed by atoms with E-state index in [-0.39, 0.29) is 10.9 Å². The van der Waals surface area contributed by atoms with Gasteiger partial charge in [0.1, 0.15) is 10.6 Å². The summed E-state index contributed by atoms with van der Waals surface area (Å²) in [7, 11) is -2.01. The third kappa shape index (κ3) is 2.12. The van der Waals surface area contributed by atoms with Gasteiger partial charge in [-0.2, -0.15) is 4.31 Å². The highest BCUT2D eigenvalue weighted by Crippen LogP contribution is 2.40. The molecule has 5 nitrogen and oxygen atoms in total. The smallest absolute Gasteiger partial charge is 0.246 e. The van der Waals surface area contributed by atoms with Crippen LogP contribution in [-0.2, 0) is 10.0 Å². The van der Waals surface area contributed by atoms with Gasteiger partial charge in [0, 0.05) is 19.1 Å². The van der Waals surface area contributed by atoms with Crippen molar-refractivity contribution in [3.63, 3.8) is 0 Å². The Labute approximate surface area is 119 Å². The summed E-state index contributed by atoms with van der Waals surface area (Å²) in [6.45, 7) is 1.12. The molecule has 0 radical (unpaired) electrons. The summed E-state index contributed by atoms with van der Waals surface area (Å²) in [6, 6.07) is 6.90. The molecule has 1 heterocycles. The minimum absolute atomic E-state index is 0.137. The standard InChI is InChI=1S/C14H20N2O3S/c1-19-13-4-2-3-5-14(13)20(17,18)16-8-10-6-7-12(15)11(10)9-16/h2-5,10-12H,6-9,15H2,1H3. The lowest BCUT2D eigenvalue weighted by molar-refractivity contribution is 0.394. The van der Waals surface area contributed by atoms with Gasteiger partial charge < -0.3 is 10.5 Å². The van der Waals surface area contributed by atoms with E-state index in [9.17, 15) is 8.42 Å². The third-order valence-corrected chi connectivity index (χ3v) is 6.44. The number of nitrogens with two attached hydrogens (primary N) is 1. The van der Waals surface area contributed by atoms with Crippen molar-refractivity contribution in [2.45, 2.75) is 23.8 Å². The predicted molar refractivity (Wildman–Crippen MR) is 75.9 cm³/mol. The van der Waals surface area contributed by atoms with Gasteiger partial charge in [0.05, 0.1) is 7.11 Å². The third-order valence-electron chi connectivity index (χ3n) is 4.57. The first kappa shape index (κ1) is 13.9. The first-order valence-corrected chi connectivity index (χ1v) is 8.37. The van der Waals surface area contributed by atoms with Crippen molar-refractivity contribution < 1.29 is 13.2 Å². The molecular formula is C14H20N2O3S. The molecule has 2 fully saturated rings. The lowest BCUT2D eigenvalue weighted by Gasteiger charge is -2.19. The van der Waals surface area contributed by atoms with E-state index in [4.69, 9.17) is 10.5 Å². The number of nitrogens with zero attached hydrogens (tertiary/aromatic N) is 1. The van der Waals surface area contributed by atoms with Crippen LogP contribution in [0, 0.1) is 11.8 Å². The molecule has 1 saturated heterocycles. The fourth-order valence-corrected chi connectivity index (χ4v) is 5.12. The van der Waals surface area contributed by atoms with Crippen LogP contribution in [0.25, 0.3) is 0 Å². The molecule has 6 heteroatoms. The first-order valence-electron chi connectivity index (χ1n) is 6.93. The lowest BCUT2D eigenvalue weighted by Crippen LogP contribution is -2.33. The summed E-state index contributed by atoms with van der Waals surface area (Å²) in [5.74, 6) is 1.11.